The Balaban J connectivity index is 2.69. The van der Waals surface area contributed by atoms with Crippen LogP contribution in [0, 0.1) is 0 Å². The summed E-state index contributed by atoms with van der Waals surface area (Å²) in [6.45, 7) is 4.10. The molecule has 0 radical (unpaired) electrons. The summed E-state index contributed by atoms with van der Waals surface area (Å²) in [4.78, 5) is 18.3. The Morgan fingerprint density at radius 2 is 2.06 bits per heavy atom. The molecule has 0 atom stereocenters. The van der Waals surface area contributed by atoms with Crippen molar-refractivity contribution in [2.45, 2.75) is 32.3 Å². The molecular weight excluding hydrogens is 222 g/mol. The molecule has 1 heterocycles. The van der Waals surface area contributed by atoms with Gasteiger partial charge in [-0.2, -0.15) is 0 Å². The number of rotatable bonds is 6. The van der Waals surface area contributed by atoms with E-state index in [2.05, 4.69) is 15.3 Å². The lowest BCUT2D eigenvalue weighted by atomic mass is 9.98. The van der Waals surface area contributed by atoms with Crippen LogP contribution in [-0.4, -0.2) is 38.3 Å². The second-order valence-corrected chi connectivity index (χ2v) is 3.88. The lowest BCUT2D eigenvalue weighted by molar-refractivity contribution is 0.0456. The highest BCUT2D eigenvalue weighted by Crippen LogP contribution is 2.15. The number of aliphatic hydroxyl groups is 1. The first-order valence-corrected chi connectivity index (χ1v) is 5.52. The van der Waals surface area contributed by atoms with Gasteiger partial charge >= 0.3 is 5.97 Å². The van der Waals surface area contributed by atoms with Crippen LogP contribution < -0.4 is 5.32 Å². The Morgan fingerprint density at radius 3 is 2.59 bits per heavy atom. The van der Waals surface area contributed by atoms with Crippen molar-refractivity contribution in [3.05, 3.63) is 18.1 Å². The first kappa shape index (κ1) is 13.4. The van der Waals surface area contributed by atoms with Crippen LogP contribution in [0.2, 0.25) is 0 Å². The number of hydrogen-bond donors (Lipinski definition) is 3. The first-order valence-electron chi connectivity index (χ1n) is 5.52. The van der Waals surface area contributed by atoms with Crippen LogP contribution in [-0.2, 0) is 0 Å². The van der Waals surface area contributed by atoms with Crippen molar-refractivity contribution >= 4 is 11.8 Å². The summed E-state index contributed by atoms with van der Waals surface area (Å²) in [6, 6.07) is 0. The van der Waals surface area contributed by atoms with E-state index >= 15 is 0 Å². The normalized spacial score (nSPS) is 11.2. The first-order chi connectivity index (χ1) is 8.00. The van der Waals surface area contributed by atoms with E-state index in [4.69, 9.17) is 5.11 Å². The Kier molecular flexibility index (Phi) is 4.39. The van der Waals surface area contributed by atoms with Gasteiger partial charge in [-0.15, -0.1) is 0 Å². The third-order valence-corrected chi connectivity index (χ3v) is 2.77. The molecule has 0 saturated carbocycles. The van der Waals surface area contributed by atoms with E-state index in [1.165, 1.54) is 12.4 Å². The summed E-state index contributed by atoms with van der Waals surface area (Å²) in [7, 11) is 0. The molecule has 0 amide bonds. The minimum atomic E-state index is -1.12. The fraction of sp³-hybridized carbons (Fsp3) is 0.545. The molecule has 6 heteroatoms. The van der Waals surface area contributed by atoms with Crippen molar-refractivity contribution in [2.24, 2.45) is 0 Å². The van der Waals surface area contributed by atoms with Crippen LogP contribution in [0.4, 0.5) is 5.82 Å². The van der Waals surface area contributed by atoms with Crippen LogP contribution in [0.25, 0.3) is 0 Å². The van der Waals surface area contributed by atoms with E-state index in [-0.39, 0.29) is 5.69 Å². The van der Waals surface area contributed by atoms with Crippen molar-refractivity contribution in [2.75, 3.05) is 11.9 Å². The van der Waals surface area contributed by atoms with Gasteiger partial charge in [0, 0.05) is 6.54 Å². The van der Waals surface area contributed by atoms with Gasteiger partial charge in [0.05, 0.1) is 18.0 Å². The maximum atomic E-state index is 10.7. The molecule has 0 aliphatic heterocycles. The zero-order chi connectivity index (χ0) is 12.9. The van der Waals surface area contributed by atoms with Crippen LogP contribution in [0.1, 0.15) is 37.2 Å². The maximum Gasteiger partial charge on any atom is 0.356 e. The lowest BCUT2D eigenvalue weighted by Crippen LogP contribution is -2.35. The summed E-state index contributed by atoms with van der Waals surface area (Å²) in [5.74, 6) is -0.771. The Morgan fingerprint density at radius 1 is 1.41 bits per heavy atom. The Bertz CT molecular complexity index is 391. The van der Waals surface area contributed by atoms with E-state index in [1.807, 2.05) is 13.8 Å². The quantitative estimate of drug-likeness (QED) is 0.689. The molecule has 0 aliphatic rings. The summed E-state index contributed by atoms with van der Waals surface area (Å²) in [6.07, 6.45) is 3.84. The highest BCUT2D eigenvalue weighted by atomic mass is 16.4. The minimum Gasteiger partial charge on any atom is -0.476 e. The van der Waals surface area contributed by atoms with Crippen LogP contribution >= 0.6 is 0 Å². The van der Waals surface area contributed by atoms with Gasteiger partial charge in [-0.1, -0.05) is 13.8 Å². The van der Waals surface area contributed by atoms with Gasteiger partial charge in [0.1, 0.15) is 5.82 Å². The molecule has 0 bridgehead atoms. The Hall–Kier alpha value is -1.69. The molecule has 6 nitrogen and oxygen atoms in total. The average Bonchev–Trinajstić information content (AvgIpc) is 2.36. The number of carboxylic acids is 1. The topological polar surface area (TPSA) is 95.3 Å². The number of carbonyl (C=O) groups is 1. The third kappa shape index (κ3) is 3.67. The van der Waals surface area contributed by atoms with Crippen molar-refractivity contribution in [3.63, 3.8) is 0 Å². The van der Waals surface area contributed by atoms with E-state index in [9.17, 15) is 9.90 Å². The SMILES string of the molecule is CCC(O)(CC)CNc1cncc(C(=O)O)n1. The molecule has 0 fully saturated rings. The molecule has 1 aromatic rings. The number of nitrogens with one attached hydrogen (secondary N) is 1. The standard InChI is InChI=1S/C11H17N3O3/c1-3-11(17,4-2)7-13-9-6-12-5-8(14-9)10(15)16/h5-6,17H,3-4,7H2,1-2H3,(H,13,14)(H,15,16). The monoisotopic (exact) mass is 239 g/mol. The molecule has 1 aromatic heterocycles. The van der Waals surface area contributed by atoms with Crippen LogP contribution in [0.15, 0.2) is 12.4 Å². The minimum absolute atomic E-state index is 0.119. The van der Waals surface area contributed by atoms with Gasteiger partial charge in [0.2, 0.25) is 0 Å². The number of carboxylic acid groups (broad SMARTS) is 1. The number of nitrogens with zero attached hydrogens (tertiary/aromatic N) is 2. The van der Waals surface area contributed by atoms with Gasteiger partial charge in [-0.25, -0.2) is 9.78 Å². The van der Waals surface area contributed by atoms with E-state index in [0.717, 1.165) is 0 Å². The second-order valence-electron chi connectivity index (χ2n) is 3.88. The van der Waals surface area contributed by atoms with Gasteiger partial charge in [-0.3, -0.25) is 4.98 Å². The smallest absolute Gasteiger partial charge is 0.356 e. The summed E-state index contributed by atoms with van der Waals surface area (Å²) < 4.78 is 0. The zero-order valence-electron chi connectivity index (χ0n) is 9.97. The van der Waals surface area contributed by atoms with Gasteiger partial charge < -0.3 is 15.5 Å². The molecule has 3 N–H and O–H groups in total. The molecule has 0 spiro atoms. The maximum absolute atomic E-state index is 10.7. The number of hydrogen-bond acceptors (Lipinski definition) is 5. The largest absolute Gasteiger partial charge is 0.476 e. The van der Waals surface area contributed by atoms with Crippen molar-refractivity contribution < 1.29 is 15.0 Å². The molecule has 0 aromatic carbocycles. The van der Waals surface area contributed by atoms with E-state index in [0.29, 0.717) is 25.2 Å². The van der Waals surface area contributed by atoms with Crippen molar-refractivity contribution in [3.8, 4) is 0 Å². The zero-order valence-corrected chi connectivity index (χ0v) is 9.97. The van der Waals surface area contributed by atoms with E-state index < -0.39 is 11.6 Å². The van der Waals surface area contributed by atoms with Gasteiger partial charge in [-0.05, 0) is 12.8 Å². The molecule has 0 saturated heterocycles. The molecule has 17 heavy (non-hydrogen) atoms. The molecule has 0 aliphatic carbocycles. The molecule has 1 rings (SSSR count). The summed E-state index contributed by atoms with van der Waals surface area (Å²) in [5.41, 5.74) is -0.924. The fourth-order valence-corrected chi connectivity index (χ4v) is 1.31. The predicted octanol–water partition coefficient (Wildman–Crippen LogP) is 1.14. The van der Waals surface area contributed by atoms with Crippen LogP contribution in [0.3, 0.4) is 0 Å². The highest BCUT2D eigenvalue weighted by molar-refractivity contribution is 5.85. The van der Waals surface area contributed by atoms with Gasteiger partial charge in [0.15, 0.2) is 5.69 Å². The summed E-state index contributed by atoms with van der Waals surface area (Å²) in [5, 5.41) is 21.7. The van der Waals surface area contributed by atoms with Gasteiger partial charge in [0.25, 0.3) is 0 Å². The summed E-state index contributed by atoms with van der Waals surface area (Å²) >= 11 is 0. The average molecular weight is 239 g/mol. The lowest BCUT2D eigenvalue weighted by Gasteiger charge is -2.25. The van der Waals surface area contributed by atoms with Crippen molar-refractivity contribution in [1.29, 1.82) is 0 Å². The second kappa shape index (κ2) is 5.58. The van der Waals surface area contributed by atoms with E-state index in [1.54, 1.807) is 0 Å². The molecule has 0 unspecified atom stereocenters. The molecule has 94 valence electrons. The van der Waals surface area contributed by atoms with Crippen molar-refractivity contribution in [1.82, 2.24) is 9.97 Å². The number of aromatic carboxylic acids is 1. The highest BCUT2D eigenvalue weighted by Gasteiger charge is 2.21. The number of aromatic nitrogens is 2. The van der Waals surface area contributed by atoms with Crippen LogP contribution in [0.5, 0.6) is 0 Å². The third-order valence-electron chi connectivity index (χ3n) is 2.77. The fourth-order valence-electron chi connectivity index (χ4n) is 1.31. The molecular formula is C11H17N3O3. The predicted molar refractivity (Wildman–Crippen MR) is 63.0 cm³/mol. The Labute approximate surface area is 99.7 Å². The number of anilines is 1.